The highest BCUT2D eigenvalue weighted by molar-refractivity contribution is 6.05. The van der Waals surface area contributed by atoms with E-state index in [2.05, 4.69) is 47.6 Å². The Balaban J connectivity index is 0.000000174. The fourth-order valence-corrected chi connectivity index (χ4v) is 7.75. The molecule has 77 heavy (non-hydrogen) atoms. The summed E-state index contributed by atoms with van der Waals surface area (Å²) in [5.74, 6) is -9.43. The summed E-state index contributed by atoms with van der Waals surface area (Å²) in [5.41, 5.74) is 18.9. The minimum absolute atomic E-state index is 0. The Kier molecular flexibility index (Phi) is 8.49. The molecule has 12 rings (SSSR count). The van der Waals surface area contributed by atoms with E-state index in [1.165, 1.54) is 36.4 Å². The molecule has 0 aromatic heterocycles. The quantitative estimate of drug-likeness (QED) is 0.129. The second-order valence-corrected chi connectivity index (χ2v) is 16.7. The number of nitrogens with two attached hydrogens (primary N) is 4. The maximum Gasteiger partial charge on any atom is 0.255 e. The number of nitrogens with one attached hydrogen (secondary N) is 4. The summed E-state index contributed by atoms with van der Waals surface area (Å²) in [6, 6.07) is -7.56. The van der Waals surface area contributed by atoms with Gasteiger partial charge in [-0.3, -0.25) is 38.4 Å². The zero-order valence-corrected chi connectivity index (χ0v) is 39.5. The maximum absolute atomic E-state index is 12.9. The maximum atomic E-state index is 12.9. The molecule has 8 aliphatic rings. The van der Waals surface area contributed by atoms with E-state index in [0.29, 0.717) is 9.80 Å². The van der Waals surface area contributed by atoms with E-state index in [4.69, 9.17) is 58.6 Å². The van der Waals surface area contributed by atoms with E-state index in [1.807, 2.05) is 0 Å². The van der Waals surface area contributed by atoms with Crippen molar-refractivity contribution in [1.29, 1.82) is 0 Å². The number of carbonyl (C=O) groups is 8. The number of nitrogen functional groups attached to an aromatic ring is 4. The van der Waals surface area contributed by atoms with Crippen LogP contribution in [0.2, 0.25) is 0 Å². The topological polar surface area (TPSA) is 302 Å². The first-order chi connectivity index (χ1) is 46.3. The summed E-state index contributed by atoms with van der Waals surface area (Å²) < 4.78 is 212. The molecule has 8 aliphatic heterocycles. The lowest BCUT2D eigenvalue weighted by Gasteiger charge is -2.30. The van der Waals surface area contributed by atoms with Crippen molar-refractivity contribution in [2.75, 3.05) is 22.9 Å². The second kappa shape index (κ2) is 21.9. The summed E-state index contributed by atoms with van der Waals surface area (Å²) >= 11 is 0. The smallest absolute Gasteiger partial charge is 0.255 e. The molecule has 0 saturated carbocycles. The molecule has 0 aliphatic carbocycles. The van der Waals surface area contributed by atoms with Crippen molar-refractivity contribution in [1.82, 2.24) is 40.9 Å². The molecule has 4 saturated heterocycles. The van der Waals surface area contributed by atoms with Gasteiger partial charge in [0.25, 0.3) is 23.6 Å². The zero-order chi connectivity index (χ0) is 77.5. The second-order valence-electron chi connectivity index (χ2n) is 16.7. The number of amides is 8. The Hall–Kier alpha value is -9.20. The summed E-state index contributed by atoms with van der Waals surface area (Å²) in [7, 11) is 0. The van der Waals surface area contributed by atoms with Crippen LogP contribution in [0.4, 0.5) is 22.7 Å². The minimum Gasteiger partial charge on any atom is -0.398 e. The SMILES string of the molecule is C.[2H]C1([2H])c2c(N)cccc2C(=O)N1[C@@]1([2H])C(=O)NC(=C)CC1([2H])[2H].[2H]C1([2H])c2c(N)cccc2C(=O)N1[C@]1([2H])C(=O)NC(=C)CC1([2H])[2H].[2H]c1c([2H])c(N)c2c(c1[2H])C(=O)N([C@@]1([2H])C(=O)NC(=C)CC1([2H])[2H])C2([2H])[2H].[2H]c1c([2H])c(N)c2c(c1[2H])C(=O)N([C@]1([2H])C(=O)NC(=C)CC1([2H])[2H])C2([2H])[2H]. The number of hydrogen-bond acceptors (Lipinski definition) is 12. The van der Waals surface area contributed by atoms with Crippen molar-refractivity contribution in [3.05, 3.63) is 166 Å². The van der Waals surface area contributed by atoms with Crippen molar-refractivity contribution in [3.8, 4) is 0 Å². The number of fused-ring (bicyclic) bond motifs is 4. The van der Waals surface area contributed by atoms with Crippen molar-refractivity contribution >= 4 is 70.0 Å². The lowest BCUT2D eigenvalue weighted by atomic mass is 10.0. The number of hydrogen-bond donors (Lipinski definition) is 8. The lowest BCUT2D eigenvalue weighted by molar-refractivity contribution is -0.127. The third-order valence-electron chi connectivity index (χ3n) is 11.4. The summed E-state index contributed by atoms with van der Waals surface area (Å²) in [6.07, 6.45) is -12.4. The molecule has 4 aromatic carbocycles. The molecule has 0 bridgehead atoms. The highest BCUT2D eigenvalue weighted by Crippen LogP contribution is 2.35. The summed E-state index contributed by atoms with van der Waals surface area (Å²) in [5, 5.41) is 8.83. The van der Waals surface area contributed by atoms with E-state index in [1.54, 1.807) is 0 Å². The predicted octanol–water partition coefficient (Wildman–Crippen LogP) is 4.70. The van der Waals surface area contributed by atoms with Crippen LogP contribution in [0.25, 0.3) is 0 Å². The molecule has 0 unspecified atom stereocenters. The van der Waals surface area contributed by atoms with Crippen LogP contribution in [0, 0.1) is 0 Å². The predicted molar refractivity (Wildman–Crippen MR) is 291 cm³/mol. The fraction of sp³-hybridized carbons (Fsp3) is 0.298. The van der Waals surface area contributed by atoms with Gasteiger partial charge in [0, 0.05) is 127 Å². The van der Waals surface area contributed by atoms with Gasteiger partial charge in [0.05, 0.1) is 24.7 Å². The van der Waals surface area contributed by atoms with Crippen molar-refractivity contribution in [3.63, 3.8) is 0 Å². The van der Waals surface area contributed by atoms with E-state index >= 15 is 0 Å². The van der Waals surface area contributed by atoms with E-state index in [0.717, 1.165) is 0 Å². The van der Waals surface area contributed by atoms with Gasteiger partial charge in [-0.1, -0.05) is 58.0 Å². The van der Waals surface area contributed by atoms with Gasteiger partial charge in [-0.2, -0.15) is 0 Å². The minimum atomic E-state index is -3.03. The van der Waals surface area contributed by atoms with Gasteiger partial charge in [0.2, 0.25) is 23.6 Å². The number of nitrogens with zero attached hydrogens (tertiary/aromatic N) is 4. The molecule has 4 aromatic rings. The van der Waals surface area contributed by atoms with Crippen molar-refractivity contribution < 1.29 is 74.0 Å². The van der Waals surface area contributed by atoms with E-state index in [9.17, 15) is 38.4 Å². The third kappa shape index (κ3) is 10.6. The van der Waals surface area contributed by atoms with Crippen molar-refractivity contribution in [2.24, 2.45) is 0 Å². The molecule has 4 fully saturated rings. The van der Waals surface area contributed by atoms with Gasteiger partial charge in [-0.15, -0.1) is 0 Å². The van der Waals surface area contributed by atoms with Crippen LogP contribution in [0.15, 0.2) is 122 Å². The molecular formula is C57H64N12O8. The van der Waals surface area contributed by atoms with Crippen LogP contribution in [-0.4, -0.2) is 90.9 Å². The Bertz CT molecular complexity index is 4300. The molecule has 20 nitrogen and oxygen atoms in total. The van der Waals surface area contributed by atoms with Crippen LogP contribution in [-0.2, 0) is 45.2 Å². The zero-order valence-electron chi connectivity index (χ0n) is 65.5. The largest absolute Gasteiger partial charge is 0.398 e. The summed E-state index contributed by atoms with van der Waals surface area (Å²) in [6.45, 7) is 2.74. The molecule has 0 radical (unpaired) electrons. The van der Waals surface area contributed by atoms with Crippen LogP contribution >= 0.6 is 0 Å². The number of anilines is 4. The van der Waals surface area contributed by atoms with Gasteiger partial charge in [0.15, 0.2) is 0 Å². The molecule has 0 spiro atoms. The van der Waals surface area contributed by atoms with Gasteiger partial charge in [-0.05, 0) is 99.6 Å². The van der Waals surface area contributed by atoms with E-state index in [-0.39, 0.29) is 73.6 Å². The molecule has 8 amide bonds. The molecule has 20 heteroatoms. The average Bonchev–Trinajstić information content (AvgIpc) is 1.55. The van der Waals surface area contributed by atoms with E-state index < -0.39 is 218 Å². The molecule has 8 heterocycles. The Labute approximate surface area is 482 Å². The van der Waals surface area contributed by atoms with Gasteiger partial charge in [-0.25, -0.2) is 0 Å². The number of carbonyl (C=O) groups excluding carboxylic acids is 8. The fourth-order valence-electron chi connectivity index (χ4n) is 7.75. The Morgan fingerprint density at radius 1 is 0.429 bits per heavy atom. The first-order valence-electron chi connectivity index (χ1n) is 35.2. The normalized spacial score (nSPS) is 36.1. The summed E-state index contributed by atoms with van der Waals surface area (Å²) in [4.78, 5) is 102. The molecule has 4 atom stereocenters. The first kappa shape index (κ1) is 29.8. The van der Waals surface area contributed by atoms with Crippen LogP contribution in [0.5, 0.6) is 0 Å². The Morgan fingerprint density at radius 2 is 0.688 bits per heavy atom. The standard InChI is InChI=1S/4C14H15N3O2.CH4/c4*1-8-5-6-12(13(18)16-8)17-7-10-9(14(17)19)3-2-4-11(10)15;/h4*2-4,12H,1,5-7,15H2,(H,16,18);1H4/t4*12-;/m1100./s1/i2D,3D,4D,6D2,7D2,12D;6D2,7D2,12D;2D,3D,4D,6D2,7D2,12D;6D2,7D2,12D;. The monoisotopic (exact) mass is 1070 g/mol. The first-order valence-corrected chi connectivity index (χ1v) is 22.2. The highest BCUT2D eigenvalue weighted by atomic mass is 16.2. The molecule has 12 N–H and O–H groups in total. The molecule has 400 valence electrons. The van der Waals surface area contributed by atoms with Gasteiger partial charge >= 0.3 is 0 Å². The Morgan fingerprint density at radius 3 is 0.948 bits per heavy atom. The lowest BCUT2D eigenvalue weighted by Crippen LogP contribution is -2.49. The number of piperidine rings is 4. The number of rotatable bonds is 4. The van der Waals surface area contributed by atoms with Crippen molar-refractivity contribution in [2.45, 2.75) is 109 Å². The average molecular weight is 1070 g/mol. The molecular weight excluding hydrogens is 981 g/mol. The number of benzene rings is 4. The number of allylic oxidation sites excluding steroid dienone is 4. The highest BCUT2D eigenvalue weighted by Gasteiger charge is 2.42. The van der Waals surface area contributed by atoms with Gasteiger partial charge < -0.3 is 63.8 Å². The van der Waals surface area contributed by atoms with Gasteiger partial charge in [0.1, 0.15) is 24.1 Å². The van der Waals surface area contributed by atoms with Crippen LogP contribution in [0.3, 0.4) is 0 Å². The third-order valence-corrected chi connectivity index (χ3v) is 11.4. The van der Waals surface area contributed by atoms with Crippen LogP contribution < -0.4 is 44.2 Å². The van der Waals surface area contributed by atoms with Crippen LogP contribution in [0.1, 0.15) is 158 Å².